The average Bonchev–Trinajstić information content (AvgIpc) is 2.71. The number of phenolic OH excluding ortho intramolecular Hbond substituents is 1. The molecule has 0 aliphatic carbocycles. The summed E-state index contributed by atoms with van der Waals surface area (Å²) >= 11 is 3.08. The number of carbonyl (C=O) groups is 1. The Morgan fingerprint density at radius 1 is 1.50 bits per heavy atom. The number of phenols is 1. The lowest BCUT2D eigenvalue weighted by molar-refractivity contribution is -0.390. The minimum Gasteiger partial charge on any atom is -0.506 e. The Bertz CT molecular complexity index is 757. The van der Waals surface area contributed by atoms with E-state index in [-0.39, 0.29) is 28.3 Å². The van der Waals surface area contributed by atoms with Gasteiger partial charge in [-0.3, -0.25) is 4.79 Å². The quantitative estimate of drug-likeness (QED) is 0.489. The number of aryl methyl sites for hydroxylation is 1. The smallest absolute Gasteiger partial charge is 0.404 e. The van der Waals surface area contributed by atoms with Crippen LogP contribution in [0.4, 0.5) is 11.5 Å². The van der Waals surface area contributed by atoms with Crippen LogP contribution in [0.1, 0.15) is 11.3 Å². The predicted octanol–water partition coefficient (Wildman–Crippen LogP) is 2.51. The van der Waals surface area contributed by atoms with Gasteiger partial charge in [-0.2, -0.15) is 4.68 Å². The van der Waals surface area contributed by atoms with Gasteiger partial charge in [0.1, 0.15) is 16.8 Å². The van der Waals surface area contributed by atoms with Gasteiger partial charge in [0.05, 0.1) is 16.5 Å². The van der Waals surface area contributed by atoms with Crippen molar-refractivity contribution in [1.82, 2.24) is 9.78 Å². The molecule has 0 aliphatic heterocycles. The molecule has 0 unspecified atom stereocenters. The third-order valence-electron chi connectivity index (χ3n) is 3.01. The highest BCUT2D eigenvalue weighted by Crippen LogP contribution is 2.27. The largest absolute Gasteiger partial charge is 0.506 e. The summed E-state index contributed by atoms with van der Waals surface area (Å²) in [5.41, 5.74) is 1.63. The molecule has 2 N–H and O–H groups in total. The topological polar surface area (TPSA) is 110 Å². The van der Waals surface area contributed by atoms with E-state index in [4.69, 9.17) is 0 Å². The molecular weight excluding hydrogens is 356 g/mol. The highest BCUT2D eigenvalue weighted by atomic mass is 79.9. The summed E-state index contributed by atoms with van der Waals surface area (Å²) in [6.45, 7) is 3.24. The summed E-state index contributed by atoms with van der Waals surface area (Å²) < 4.78 is 1.47. The molecule has 8 nitrogen and oxygen atoms in total. The molecule has 0 radical (unpaired) electrons. The fraction of sp³-hybridized carbons (Fsp3) is 0.231. The number of carbonyl (C=O) groups excluding carboxylic acids is 1. The second-order valence-corrected chi connectivity index (χ2v) is 5.50. The van der Waals surface area contributed by atoms with Gasteiger partial charge in [0.25, 0.3) is 0 Å². The Hall–Kier alpha value is -2.42. The minimum absolute atomic E-state index is 0.0525. The van der Waals surface area contributed by atoms with E-state index >= 15 is 0 Å². The maximum Gasteiger partial charge on any atom is 0.404 e. The molecule has 116 valence electrons. The normalized spacial score (nSPS) is 10.5. The molecule has 0 fully saturated rings. The molecule has 1 heterocycles. The Balaban J connectivity index is 2.17. The number of anilines is 1. The maximum atomic E-state index is 12.0. The van der Waals surface area contributed by atoms with Crippen LogP contribution in [-0.2, 0) is 11.3 Å². The fourth-order valence-corrected chi connectivity index (χ4v) is 2.28. The molecule has 1 aromatic heterocycles. The number of aromatic hydroxyl groups is 1. The number of nitrogens with zero attached hydrogens (tertiary/aromatic N) is 3. The first-order chi connectivity index (χ1) is 10.3. The molecule has 2 aromatic rings. The van der Waals surface area contributed by atoms with Gasteiger partial charge in [-0.05, 0) is 52.4 Å². The number of nitro groups is 1. The number of rotatable bonds is 4. The predicted molar refractivity (Wildman–Crippen MR) is 82.8 cm³/mol. The van der Waals surface area contributed by atoms with Gasteiger partial charge in [0, 0.05) is 0 Å². The zero-order chi connectivity index (χ0) is 16.4. The standard InChI is InChI=1S/C13H13BrN4O4/c1-7-3-4-10(19)9(5-7)15-11(20)6-17-8(2)12(14)13(16-17)18(21)22/h3-5,19H,6H2,1-2H3,(H,15,20). The molecule has 0 saturated carbocycles. The third-order valence-corrected chi connectivity index (χ3v) is 3.94. The van der Waals surface area contributed by atoms with Crippen molar-refractivity contribution in [2.75, 3.05) is 5.32 Å². The van der Waals surface area contributed by atoms with E-state index in [1.54, 1.807) is 19.1 Å². The fourth-order valence-electron chi connectivity index (χ4n) is 1.85. The second-order valence-electron chi connectivity index (χ2n) is 4.71. The van der Waals surface area contributed by atoms with Gasteiger partial charge >= 0.3 is 5.82 Å². The highest BCUT2D eigenvalue weighted by Gasteiger charge is 2.24. The lowest BCUT2D eigenvalue weighted by Crippen LogP contribution is -2.20. The van der Waals surface area contributed by atoms with E-state index < -0.39 is 10.8 Å². The molecule has 2 rings (SSSR count). The number of amides is 1. The number of halogens is 1. The molecule has 9 heteroatoms. The monoisotopic (exact) mass is 368 g/mol. The lowest BCUT2D eigenvalue weighted by Gasteiger charge is -2.07. The van der Waals surface area contributed by atoms with Crippen LogP contribution in [0.3, 0.4) is 0 Å². The first-order valence-corrected chi connectivity index (χ1v) is 7.05. The minimum atomic E-state index is -0.627. The molecule has 0 saturated heterocycles. The van der Waals surface area contributed by atoms with Crippen molar-refractivity contribution in [3.05, 3.63) is 44.0 Å². The van der Waals surface area contributed by atoms with E-state index in [9.17, 15) is 20.0 Å². The van der Waals surface area contributed by atoms with E-state index in [0.29, 0.717) is 5.69 Å². The van der Waals surface area contributed by atoms with Crippen LogP contribution < -0.4 is 5.32 Å². The van der Waals surface area contributed by atoms with Crippen molar-refractivity contribution in [2.24, 2.45) is 0 Å². The Morgan fingerprint density at radius 3 is 2.77 bits per heavy atom. The van der Waals surface area contributed by atoms with Gasteiger partial charge in [-0.1, -0.05) is 6.07 Å². The van der Waals surface area contributed by atoms with Crippen molar-refractivity contribution in [1.29, 1.82) is 0 Å². The summed E-state index contributed by atoms with van der Waals surface area (Å²) in [6.07, 6.45) is 0. The van der Waals surface area contributed by atoms with Gasteiger partial charge in [0.15, 0.2) is 0 Å². The molecule has 0 bridgehead atoms. The van der Waals surface area contributed by atoms with Crippen LogP contribution in [0.5, 0.6) is 5.75 Å². The van der Waals surface area contributed by atoms with Crippen molar-refractivity contribution >= 4 is 33.3 Å². The molecular formula is C13H13BrN4O4. The summed E-state index contributed by atoms with van der Waals surface area (Å²) in [4.78, 5) is 22.2. The third kappa shape index (κ3) is 3.25. The van der Waals surface area contributed by atoms with Crippen molar-refractivity contribution in [3.8, 4) is 5.75 Å². The number of hydrogen-bond donors (Lipinski definition) is 2. The molecule has 1 amide bonds. The summed E-state index contributed by atoms with van der Waals surface area (Å²) in [5, 5.41) is 26.8. The molecule has 22 heavy (non-hydrogen) atoms. The lowest BCUT2D eigenvalue weighted by atomic mass is 10.2. The molecule has 0 spiro atoms. The summed E-state index contributed by atoms with van der Waals surface area (Å²) in [7, 11) is 0. The van der Waals surface area contributed by atoms with Crippen molar-refractivity contribution in [2.45, 2.75) is 20.4 Å². The van der Waals surface area contributed by atoms with Crippen LogP contribution >= 0.6 is 15.9 Å². The highest BCUT2D eigenvalue weighted by molar-refractivity contribution is 9.10. The van der Waals surface area contributed by atoms with Crippen molar-refractivity contribution in [3.63, 3.8) is 0 Å². The average molecular weight is 369 g/mol. The number of benzene rings is 1. The van der Waals surface area contributed by atoms with Crippen LogP contribution in [0.2, 0.25) is 0 Å². The van der Waals surface area contributed by atoms with Crippen molar-refractivity contribution < 1.29 is 14.8 Å². The van der Waals surface area contributed by atoms with Gasteiger partial charge in [-0.15, -0.1) is 0 Å². The van der Waals surface area contributed by atoms with Crippen LogP contribution in [-0.4, -0.2) is 25.7 Å². The van der Waals surface area contributed by atoms with Gasteiger partial charge in [-0.25, -0.2) is 0 Å². The van der Waals surface area contributed by atoms with Gasteiger partial charge < -0.3 is 20.5 Å². The number of hydrogen-bond acceptors (Lipinski definition) is 5. The maximum absolute atomic E-state index is 12.0. The SMILES string of the molecule is Cc1ccc(O)c(NC(=O)Cn2nc([N+](=O)[O-])c(Br)c2C)c1. The van der Waals surface area contributed by atoms with E-state index in [1.165, 1.54) is 10.7 Å². The Labute approximate surface area is 134 Å². The Kier molecular flexibility index (Phi) is 4.45. The van der Waals surface area contributed by atoms with Crippen LogP contribution in [0.15, 0.2) is 22.7 Å². The molecule has 1 aromatic carbocycles. The first-order valence-electron chi connectivity index (χ1n) is 6.26. The van der Waals surface area contributed by atoms with Crippen LogP contribution in [0.25, 0.3) is 0 Å². The zero-order valence-corrected chi connectivity index (χ0v) is 13.4. The second kappa shape index (κ2) is 6.14. The first kappa shape index (κ1) is 16.0. The van der Waals surface area contributed by atoms with E-state index in [1.807, 2.05) is 6.92 Å². The summed E-state index contributed by atoms with van der Waals surface area (Å²) in [5.74, 6) is -0.846. The number of nitrogens with one attached hydrogen (secondary N) is 1. The number of aromatic nitrogens is 2. The summed E-state index contributed by atoms with van der Waals surface area (Å²) in [6, 6.07) is 4.82. The zero-order valence-electron chi connectivity index (χ0n) is 11.8. The molecule has 0 atom stereocenters. The van der Waals surface area contributed by atoms with Gasteiger partial charge in [0.2, 0.25) is 5.91 Å². The van der Waals surface area contributed by atoms with E-state index in [2.05, 4.69) is 26.3 Å². The van der Waals surface area contributed by atoms with E-state index in [0.717, 1.165) is 5.56 Å². The molecule has 0 aliphatic rings. The van der Waals surface area contributed by atoms with Crippen LogP contribution in [0, 0.1) is 24.0 Å². The Morgan fingerprint density at radius 2 is 2.18 bits per heavy atom.